The summed E-state index contributed by atoms with van der Waals surface area (Å²) in [5.41, 5.74) is 0. The van der Waals surface area contributed by atoms with Crippen molar-refractivity contribution in [3.63, 3.8) is 0 Å². The smallest absolute Gasteiger partial charge is 0.219 e. The molecule has 0 heterocycles. The third kappa shape index (κ3) is 9.73. The normalized spacial score (nSPS) is 12.5. The van der Waals surface area contributed by atoms with Crippen LogP contribution in [0.25, 0.3) is 0 Å². The summed E-state index contributed by atoms with van der Waals surface area (Å²) in [6, 6.07) is 0.584. The van der Waals surface area contributed by atoms with Crippen LogP contribution in [0.15, 0.2) is 0 Å². The molecule has 1 unspecified atom stereocenters. The lowest BCUT2D eigenvalue weighted by atomic mass is 10.1. The maximum Gasteiger partial charge on any atom is 0.219 e. The van der Waals surface area contributed by atoms with E-state index >= 15 is 0 Å². The SMILES string of the molecule is CCCCCC(C)NCCCC(=O)NC. The van der Waals surface area contributed by atoms with Gasteiger partial charge in [0.15, 0.2) is 0 Å². The van der Waals surface area contributed by atoms with Crippen molar-refractivity contribution in [3.05, 3.63) is 0 Å². The highest BCUT2D eigenvalue weighted by atomic mass is 16.1. The van der Waals surface area contributed by atoms with Gasteiger partial charge in [0.1, 0.15) is 0 Å². The van der Waals surface area contributed by atoms with Gasteiger partial charge < -0.3 is 10.6 Å². The highest BCUT2D eigenvalue weighted by Crippen LogP contribution is 2.02. The fourth-order valence-electron chi connectivity index (χ4n) is 1.52. The summed E-state index contributed by atoms with van der Waals surface area (Å²) in [6.45, 7) is 5.39. The van der Waals surface area contributed by atoms with Gasteiger partial charge in [0.05, 0.1) is 0 Å². The zero-order valence-electron chi connectivity index (χ0n) is 10.4. The minimum absolute atomic E-state index is 0.135. The lowest BCUT2D eigenvalue weighted by Crippen LogP contribution is -2.28. The van der Waals surface area contributed by atoms with Crippen LogP contribution in [0.5, 0.6) is 0 Å². The van der Waals surface area contributed by atoms with Gasteiger partial charge in [-0.1, -0.05) is 26.2 Å². The number of hydrogen-bond acceptors (Lipinski definition) is 2. The summed E-state index contributed by atoms with van der Waals surface area (Å²) < 4.78 is 0. The number of hydrogen-bond donors (Lipinski definition) is 2. The first-order valence-corrected chi connectivity index (χ1v) is 6.14. The molecule has 1 amide bonds. The van der Waals surface area contributed by atoms with Crippen molar-refractivity contribution in [1.29, 1.82) is 0 Å². The Labute approximate surface area is 94.0 Å². The number of amides is 1. The van der Waals surface area contributed by atoms with E-state index in [4.69, 9.17) is 0 Å². The topological polar surface area (TPSA) is 41.1 Å². The molecule has 0 spiro atoms. The largest absolute Gasteiger partial charge is 0.359 e. The number of carbonyl (C=O) groups is 1. The summed E-state index contributed by atoms with van der Waals surface area (Å²) in [7, 11) is 1.68. The van der Waals surface area contributed by atoms with Crippen LogP contribution in [0.1, 0.15) is 52.4 Å². The lowest BCUT2D eigenvalue weighted by Gasteiger charge is -2.12. The Balaban J connectivity index is 3.23. The molecule has 0 bridgehead atoms. The molecule has 0 rings (SSSR count). The molecular formula is C12H26N2O. The van der Waals surface area contributed by atoms with E-state index in [0.717, 1.165) is 13.0 Å². The van der Waals surface area contributed by atoms with Crippen LogP contribution < -0.4 is 10.6 Å². The monoisotopic (exact) mass is 214 g/mol. The summed E-state index contributed by atoms with van der Waals surface area (Å²) in [5.74, 6) is 0.135. The van der Waals surface area contributed by atoms with Crippen LogP contribution in [-0.4, -0.2) is 25.5 Å². The summed E-state index contributed by atoms with van der Waals surface area (Å²) >= 11 is 0. The van der Waals surface area contributed by atoms with E-state index < -0.39 is 0 Å². The maximum absolute atomic E-state index is 10.9. The molecule has 3 nitrogen and oxygen atoms in total. The van der Waals surface area contributed by atoms with Gasteiger partial charge in [-0.3, -0.25) is 4.79 Å². The van der Waals surface area contributed by atoms with Gasteiger partial charge in [0.25, 0.3) is 0 Å². The Bertz CT molecular complexity index is 160. The minimum Gasteiger partial charge on any atom is -0.359 e. The molecule has 0 aliphatic carbocycles. The highest BCUT2D eigenvalue weighted by Gasteiger charge is 2.01. The standard InChI is InChI=1S/C12H26N2O/c1-4-5-6-8-11(2)14-10-7-9-12(15)13-3/h11,14H,4-10H2,1-3H3,(H,13,15). The van der Waals surface area contributed by atoms with E-state index in [0.29, 0.717) is 12.5 Å². The Morgan fingerprint density at radius 2 is 2.00 bits per heavy atom. The molecule has 0 fully saturated rings. The maximum atomic E-state index is 10.9. The molecule has 0 aromatic carbocycles. The van der Waals surface area contributed by atoms with Crippen LogP contribution in [0, 0.1) is 0 Å². The molecule has 2 N–H and O–H groups in total. The molecular weight excluding hydrogens is 188 g/mol. The molecule has 0 aliphatic rings. The van der Waals surface area contributed by atoms with Crippen LogP contribution in [-0.2, 0) is 4.79 Å². The molecule has 0 aromatic rings. The lowest BCUT2D eigenvalue weighted by molar-refractivity contribution is -0.120. The van der Waals surface area contributed by atoms with Crippen molar-refractivity contribution in [2.24, 2.45) is 0 Å². The zero-order chi connectivity index (χ0) is 11.5. The van der Waals surface area contributed by atoms with Crippen molar-refractivity contribution >= 4 is 5.91 Å². The molecule has 0 aliphatic heterocycles. The van der Waals surface area contributed by atoms with E-state index in [2.05, 4.69) is 24.5 Å². The molecule has 0 saturated carbocycles. The van der Waals surface area contributed by atoms with Crippen LogP contribution in [0.3, 0.4) is 0 Å². The summed E-state index contributed by atoms with van der Waals surface area (Å²) in [6.07, 6.45) is 6.71. The van der Waals surface area contributed by atoms with Crippen molar-refractivity contribution in [3.8, 4) is 0 Å². The number of unbranched alkanes of at least 4 members (excludes halogenated alkanes) is 2. The van der Waals surface area contributed by atoms with Gasteiger partial charge >= 0.3 is 0 Å². The first-order chi connectivity index (χ1) is 7.20. The molecule has 0 radical (unpaired) electrons. The molecule has 3 heteroatoms. The Hall–Kier alpha value is -0.570. The van der Waals surface area contributed by atoms with Crippen molar-refractivity contribution < 1.29 is 4.79 Å². The fraction of sp³-hybridized carbons (Fsp3) is 0.917. The summed E-state index contributed by atoms with van der Waals surface area (Å²) in [4.78, 5) is 10.9. The van der Waals surface area contributed by atoms with E-state index in [-0.39, 0.29) is 5.91 Å². The highest BCUT2D eigenvalue weighted by molar-refractivity contribution is 5.75. The zero-order valence-corrected chi connectivity index (χ0v) is 10.4. The third-order valence-corrected chi connectivity index (χ3v) is 2.59. The molecule has 0 aromatic heterocycles. The van der Waals surface area contributed by atoms with E-state index in [9.17, 15) is 4.79 Å². The van der Waals surface area contributed by atoms with Crippen molar-refractivity contribution in [1.82, 2.24) is 10.6 Å². The first-order valence-electron chi connectivity index (χ1n) is 6.14. The van der Waals surface area contributed by atoms with Crippen molar-refractivity contribution in [2.45, 2.75) is 58.4 Å². The van der Waals surface area contributed by atoms with Gasteiger partial charge in [-0.25, -0.2) is 0 Å². The van der Waals surface area contributed by atoms with Crippen LogP contribution >= 0.6 is 0 Å². The number of carbonyl (C=O) groups excluding carboxylic acids is 1. The predicted octanol–water partition coefficient (Wildman–Crippen LogP) is 2.07. The first kappa shape index (κ1) is 14.4. The Morgan fingerprint density at radius 3 is 2.60 bits per heavy atom. The van der Waals surface area contributed by atoms with E-state index in [1.807, 2.05) is 0 Å². The number of rotatable bonds is 9. The molecule has 15 heavy (non-hydrogen) atoms. The number of nitrogens with one attached hydrogen (secondary N) is 2. The average Bonchev–Trinajstić information content (AvgIpc) is 2.24. The van der Waals surface area contributed by atoms with Gasteiger partial charge in [-0.2, -0.15) is 0 Å². The van der Waals surface area contributed by atoms with Gasteiger partial charge in [0.2, 0.25) is 5.91 Å². The van der Waals surface area contributed by atoms with E-state index in [1.165, 1.54) is 25.7 Å². The third-order valence-electron chi connectivity index (χ3n) is 2.59. The summed E-state index contributed by atoms with van der Waals surface area (Å²) in [5, 5.41) is 6.07. The molecule has 0 saturated heterocycles. The van der Waals surface area contributed by atoms with Gasteiger partial charge in [-0.05, 0) is 26.3 Å². The van der Waals surface area contributed by atoms with Crippen LogP contribution in [0.2, 0.25) is 0 Å². The molecule has 90 valence electrons. The Morgan fingerprint density at radius 1 is 1.27 bits per heavy atom. The second kappa shape index (κ2) is 9.97. The predicted molar refractivity (Wildman–Crippen MR) is 64.9 cm³/mol. The second-order valence-electron chi connectivity index (χ2n) is 4.13. The van der Waals surface area contributed by atoms with Crippen LogP contribution in [0.4, 0.5) is 0 Å². The Kier molecular flexibility index (Phi) is 9.59. The van der Waals surface area contributed by atoms with Crippen molar-refractivity contribution in [2.75, 3.05) is 13.6 Å². The average molecular weight is 214 g/mol. The molecule has 1 atom stereocenters. The van der Waals surface area contributed by atoms with Gasteiger partial charge in [0, 0.05) is 19.5 Å². The minimum atomic E-state index is 0.135. The second-order valence-corrected chi connectivity index (χ2v) is 4.13. The fourth-order valence-corrected chi connectivity index (χ4v) is 1.52. The van der Waals surface area contributed by atoms with Gasteiger partial charge in [-0.15, -0.1) is 0 Å². The van der Waals surface area contributed by atoms with E-state index in [1.54, 1.807) is 7.05 Å². The quantitative estimate of drug-likeness (QED) is 0.577.